The Kier molecular flexibility index (Phi) is 6.87. The maximum Gasteiger partial charge on any atom is 0.161 e. The summed E-state index contributed by atoms with van der Waals surface area (Å²) in [5, 5.41) is 3.61. The molecule has 1 N–H and O–H groups in total. The highest BCUT2D eigenvalue weighted by Gasteiger charge is 2.23. The van der Waals surface area contributed by atoms with Gasteiger partial charge in [0, 0.05) is 6.04 Å². The first kappa shape index (κ1) is 16.2. The molecule has 118 valence electrons. The first-order valence-corrected chi connectivity index (χ1v) is 8.43. The Morgan fingerprint density at radius 1 is 1.05 bits per heavy atom. The number of likely N-dealkylation sites (N-methyl/N-ethyl adjacent to an activating group) is 1. The first-order valence-electron chi connectivity index (χ1n) is 8.43. The fourth-order valence-electron chi connectivity index (χ4n) is 3.18. The molecule has 1 atom stereocenters. The average molecular weight is 291 g/mol. The van der Waals surface area contributed by atoms with Crippen molar-refractivity contribution in [2.45, 2.75) is 52.0 Å². The van der Waals surface area contributed by atoms with Gasteiger partial charge in [0.1, 0.15) is 6.61 Å². The molecular weight excluding hydrogens is 262 g/mol. The van der Waals surface area contributed by atoms with Gasteiger partial charge < -0.3 is 14.8 Å². The van der Waals surface area contributed by atoms with Crippen LogP contribution in [0.3, 0.4) is 0 Å². The van der Waals surface area contributed by atoms with Gasteiger partial charge in [0.25, 0.3) is 0 Å². The molecule has 1 aromatic carbocycles. The number of hydrogen-bond donors (Lipinski definition) is 1. The maximum atomic E-state index is 6.07. The largest absolute Gasteiger partial charge is 0.490 e. The summed E-state index contributed by atoms with van der Waals surface area (Å²) in [7, 11) is 0. The van der Waals surface area contributed by atoms with Crippen LogP contribution in [0.4, 0.5) is 0 Å². The van der Waals surface area contributed by atoms with Crippen LogP contribution in [0.25, 0.3) is 0 Å². The van der Waals surface area contributed by atoms with Crippen molar-refractivity contribution < 1.29 is 9.47 Å². The minimum atomic E-state index is 0.449. The van der Waals surface area contributed by atoms with Gasteiger partial charge in [0.2, 0.25) is 0 Å². The van der Waals surface area contributed by atoms with Crippen LogP contribution in [0.2, 0.25) is 0 Å². The Bertz CT molecular complexity index is 402. The fourth-order valence-corrected chi connectivity index (χ4v) is 3.18. The number of rotatable bonds is 8. The van der Waals surface area contributed by atoms with Gasteiger partial charge >= 0.3 is 0 Å². The molecule has 0 saturated heterocycles. The molecule has 1 unspecified atom stereocenters. The van der Waals surface area contributed by atoms with Crippen LogP contribution in [0.5, 0.6) is 11.5 Å². The zero-order valence-corrected chi connectivity index (χ0v) is 13.4. The lowest BCUT2D eigenvalue weighted by molar-refractivity contribution is 0.182. The van der Waals surface area contributed by atoms with E-state index in [1.807, 2.05) is 31.2 Å². The molecule has 0 radical (unpaired) electrons. The van der Waals surface area contributed by atoms with E-state index in [4.69, 9.17) is 9.47 Å². The zero-order chi connectivity index (χ0) is 14.9. The predicted octanol–water partition coefficient (Wildman–Crippen LogP) is 4.02. The van der Waals surface area contributed by atoms with Gasteiger partial charge in [-0.25, -0.2) is 0 Å². The summed E-state index contributed by atoms with van der Waals surface area (Å²) >= 11 is 0. The molecule has 1 saturated carbocycles. The van der Waals surface area contributed by atoms with Crippen LogP contribution < -0.4 is 14.8 Å². The molecule has 0 amide bonds. The monoisotopic (exact) mass is 291 g/mol. The summed E-state index contributed by atoms with van der Waals surface area (Å²) in [6, 6.07) is 8.41. The summed E-state index contributed by atoms with van der Waals surface area (Å²) in [6.45, 7) is 6.56. The van der Waals surface area contributed by atoms with Gasteiger partial charge in [-0.15, -0.1) is 0 Å². The summed E-state index contributed by atoms with van der Waals surface area (Å²) < 4.78 is 11.7. The molecule has 3 heteroatoms. The van der Waals surface area contributed by atoms with E-state index in [1.54, 1.807) is 0 Å². The van der Waals surface area contributed by atoms with E-state index < -0.39 is 0 Å². The van der Waals surface area contributed by atoms with Crippen LogP contribution in [-0.4, -0.2) is 25.8 Å². The third-order valence-electron chi connectivity index (χ3n) is 4.25. The lowest BCUT2D eigenvalue weighted by atomic mass is 9.84. The molecule has 2 rings (SSSR count). The number of para-hydroxylation sites is 2. The Balaban J connectivity index is 1.94. The van der Waals surface area contributed by atoms with E-state index in [-0.39, 0.29) is 0 Å². The van der Waals surface area contributed by atoms with Gasteiger partial charge in [-0.05, 0) is 44.4 Å². The average Bonchev–Trinajstić information content (AvgIpc) is 2.54. The molecule has 1 aliphatic carbocycles. The van der Waals surface area contributed by atoms with Crippen molar-refractivity contribution in [2.24, 2.45) is 5.92 Å². The van der Waals surface area contributed by atoms with E-state index >= 15 is 0 Å². The van der Waals surface area contributed by atoms with Crippen molar-refractivity contribution in [3.8, 4) is 11.5 Å². The number of benzene rings is 1. The van der Waals surface area contributed by atoms with Crippen molar-refractivity contribution >= 4 is 0 Å². The topological polar surface area (TPSA) is 30.5 Å². The summed E-state index contributed by atoms with van der Waals surface area (Å²) in [5.74, 6) is 2.45. The van der Waals surface area contributed by atoms with E-state index in [1.165, 1.54) is 32.1 Å². The van der Waals surface area contributed by atoms with Crippen molar-refractivity contribution in [2.75, 3.05) is 19.8 Å². The molecule has 1 aromatic rings. The van der Waals surface area contributed by atoms with Gasteiger partial charge in [-0.2, -0.15) is 0 Å². The molecule has 0 bridgehead atoms. The van der Waals surface area contributed by atoms with Crippen molar-refractivity contribution in [3.05, 3.63) is 24.3 Å². The maximum absolute atomic E-state index is 6.07. The van der Waals surface area contributed by atoms with Crippen LogP contribution >= 0.6 is 0 Å². The standard InChI is InChI=1S/C18H29NO2/c1-3-19-16(15-10-6-5-7-11-15)14-21-18-13-9-8-12-17(18)20-4-2/h8-9,12-13,15-16,19H,3-7,10-11,14H2,1-2H3. The zero-order valence-electron chi connectivity index (χ0n) is 13.4. The summed E-state index contributed by atoms with van der Waals surface area (Å²) in [4.78, 5) is 0. The predicted molar refractivity (Wildman–Crippen MR) is 87.1 cm³/mol. The number of ether oxygens (including phenoxy) is 2. The van der Waals surface area contributed by atoms with Crippen molar-refractivity contribution in [3.63, 3.8) is 0 Å². The molecule has 21 heavy (non-hydrogen) atoms. The lowest BCUT2D eigenvalue weighted by Gasteiger charge is -2.31. The van der Waals surface area contributed by atoms with Gasteiger partial charge in [0.05, 0.1) is 6.61 Å². The third-order valence-corrected chi connectivity index (χ3v) is 4.25. The highest BCUT2D eigenvalue weighted by molar-refractivity contribution is 5.39. The molecule has 0 spiro atoms. The highest BCUT2D eigenvalue weighted by Crippen LogP contribution is 2.29. The summed E-state index contributed by atoms with van der Waals surface area (Å²) in [5.41, 5.74) is 0. The van der Waals surface area contributed by atoms with Gasteiger partial charge in [-0.1, -0.05) is 38.3 Å². The minimum absolute atomic E-state index is 0.449. The smallest absolute Gasteiger partial charge is 0.161 e. The van der Waals surface area contributed by atoms with Crippen LogP contribution in [0.1, 0.15) is 46.0 Å². The van der Waals surface area contributed by atoms with Crippen molar-refractivity contribution in [1.29, 1.82) is 0 Å². The third kappa shape index (κ3) is 4.92. The SMILES string of the molecule is CCNC(COc1ccccc1OCC)C1CCCCC1. The molecule has 1 fully saturated rings. The lowest BCUT2D eigenvalue weighted by Crippen LogP contribution is -2.41. The fraction of sp³-hybridized carbons (Fsp3) is 0.667. The van der Waals surface area contributed by atoms with E-state index in [0.29, 0.717) is 12.6 Å². The van der Waals surface area contributed by atoms with Crippen LogP contribution in [0, 0.1) is 5.92 Å². The number of nitrogens with one attached hydrogen (secondary N) is 1. The Morgan fingerprint density at radius 2 is 1.71 bits per heavy atom. The van der Waals surface area contributed by atoms with E-state index in [2.05, 4.69) is 12.2 Å². The van der Waals surface area contributed by atoms with Gasteiger partial charge in [0.15, 0.2) is 11.5 Å². The highest BCUT2D eigenvalue weighted by atomic mass is 16.5. The molecule has 0 heterocycles. The quantitative estimate of drug-likeness (QED) is 0.784. The molecule has 0 aliphatic heterocycles. The molecular formula is C18H29NO2. The van der Waals surface area contributed by atoms with Crippen LogP contribution in [-0.2, 0) is 0 Å². The second kappa shape index (κ2) is 8.93. The van der Waals surface area contributed by atoms with Crippen molar-refractivity contribution in [1.82, 2.24) is 5.32 Å². The van der Waals surface area contributed by atoms with E-state index in [0.717, 1.165) is 30.6 Å². The summed E-state index contributed by atoms with van der Waals surface area (Å²) in [6.07, 6.45) is 6.77. The van der Waals surface area contributed by atoms with Gasteiger partial charge in [-0.3, -0.25) is 0 Å². The second-order valence-electron chi connectivity index (χ2n) is 5.75. The molecule has 1 aliphatic rings. The minimum Gasteiger partial charge on any atom is -0.490 e. The number of hydrogen-bond acceptors (Lipinski definition) is 3. The molecule has 3 nitrogen and oxygen atoms in total. The molecule has 0 aromatic heterocycles. The Hall–Kier alpha value is -1.22. The Morgan fingerprint density at radius 3 is 2.33 bits per heavy atom. The first-order chi connectivity index (χ1) is 10.3. The van der Waals surface area contributed by atoms with Crippen LogP contribution in [0.15, 0.2) is 24.3 Å². The Labute approximate surface area is 129 Å². The normalized spacial score (nSPS) is 17.4. The second-order valence-corrected chi connectivity index (χ2v) is 5.75. The van der Waals surface area contributed by atoms with E-state index in [9.17, 15) is 0 Å².